The van der Waals surface area contributed by atoms with Crippen molar-refractivity contribution in [2.75, 3.05) is 0 Å². The Morgan fingerprint density at radius 1 is 0.974 bits per heavy atom. The fourth-order valence-electron chi connectivity index (χ4n) is 4.19. The molecule has 39 heavy (non-hydrogen) atoms. The van der Waals surface area contributed by atoms with Gasteiger partial charge in [0.25, 0.3) is 0 Å². The van der Waals surface area contributed by atoms with Gasteiger partial charge in [-0.25, -0.2) is 4.79 Å². The molecule has 1 aromatic carbocycles. The van der Waals surface area contributed by atoms with Crippen LogP contribution in [-0.4, -0.2) is 44.7 Å². The van der Waals surface area contributed by atoms with Crippen LogP contribution in [-0.2, 0) is 9.53 Å². The Hall–Kier alpha value is -3.19. The molecule has 1 aliphatic heterocycles. The first-order valence-electron chi connectivity index (χ1n) is 13.6. The standard InChI is InChI=1S/C33H44O6/c1-23-13-11-15-24(2)30(36)18-10-8-6-5-7-9-14-25(3)33(38)39-31(22-29(35)20-19-23)26(4)32(37)27-16-12-17-28(34)21-27/h5-17,21,23,26,29-32,34-37H,18-20,22H2,1-4H3/b6-5-,9-7+,10-8+,13-11+,24-15+,25-14+/t23-,26+,29-,30+,31-,32+/m0/s1. The SMILES string of the molecule is C\C1=C/C=C/C=C\C=C\C[C@@H](O)/C(C)=C/C=C/[C@H](C)CC[C@H](O)C[C@@H]([C@@H](C)[C@@H](O)c2cccc(O)c2)OC1=O. The van der Waals surface area contributed by atoms with Crippen molar-refractivity contribution >= 4 is 5.97 Å². The van der Waals surface area contributed by atoms with E-state index in [0.717, 1.165) is 12.0 Å². The number of phenols is 1. The average molecular weight is 537 g/mol. The van der Waals surface area contributed by atoms with Gasteiger partial charge in [0.15, 0.2) is 0 Å². The number of phenolic OH excluding ortho intramolecular Hbond substituents is 1. The van der Waals surface area contributed by atoms with E-state index in [4.69, 9.17) is 4.74 Å². The maximum Gasteiger partial charge on any atom is 0.333 e. The molecule has 0 fully saturated rings. The molecular weight excluding hydrogens is 492 g/mol. The van der Waals surface area contributed by atoms with Crippen molar-refractivity contribution in [2.24, 2.45) is 11.8 Å². The van der Waals surface area contributed by atoms with Gasteiger partial charge in [-0.2, -0.15) is 0 Å². The van der Waals surface area contributed by atoms with E-state index in [-0.39, 0.29) is 18.1 Å². The molecule has 0 radical (unpaired) electrons. The van der Waals surface area contributed by atoms with Crippen LogP contribution >= 0.6 is 0 Å². The molecule has 0 saturated heterocycles. The number of allylic oxidation sites excluding steroid dienone is 9. The highest BCUT2D eigenvalue weighted by molar-refractivity contribution is 5.88. The van der Waals surface area contributed by atoms with Crippen LogP contribution in [0, 0.1) is 11.8 Å². The zero-order chi connectivity index (χ0) is 28.8. The number of aliphatic hydroxyl groups excluding tert-OH is 3. The van der Waals surface area contributed by atoms with Crippen LogP contribution < -0.4 is 0 Å². The predicted molar refractivity (Wildman–Crippen MR) is 156 cm³/mol. The number of aliphatic hydroxyl groups is 3. The minimum absolute atomic E-state index is 0.0370. The number of rotatable bonds is 3. The van der Waals surface area contributed by atoms with Crippen LogP contribution in [0.4, 0.5) is 0 Å². The highest BCUT2D eigenvalue weighted by Crippen LogP contribution is 2.31. The van der Waals surface area contributed by atoms with Crippen molar-refractivity contribution in [3.05, 3.63) is 102 Å². The Balaban J connectivity index is 2.28. The molecule has 0 spiro atoms. The molecule has 0 unspecified atom stereocenters. The maximum absolute atomic E-state index is 12.9. The van der Waals surface area contributed by atoms with Gasteiger partial charge in [-0.15, -0.1) is 0 Å². The summed E-state index contributed by atoms with van der Waals surface area (Å²) in [5.74, 6) is -0.830. The van der Waals surface area contributed by atoms with Crippen molar-refractivity contribution in [3.63, 3.8) is 0 Å². The summed E-state index contributed by atoms with van der Waals surface area (Å²) >= 11 is 0. The van der Waals surface area contributed by atoms with Gasteiger partial charge in [-0.1, -0.05) is 86.7 Å². The number of hydrogen-bond acceptors (Lipinski definition) is 6. The summed E-state index contributed by atoms with van der Waals surface area (Å²) in [7, 11) is 0. The Morgan fingerprint density at radius 2 is 1.69 bits per heavy atom. The third-order valence-corrected chi connectivity index (χ3v) is 6.95. The summed E-state index contributed by atoms with van der Waals surface area (Å²) in [5.41, 5.74) is 1.77. The van der Waals surface area contributed by atoms with Crippen LogP contribution in [0.3, 0.4) is 0 Å². The summed E-state index contributed by atoms with van der Waals surface area (Å²) in [4.78, 5) is 12.9. The van der Waals surface area contributed by atoms with E-state index in [1.165, 1.54) is 12.1 Å². The largest absolute Gasteiger partial charge is 0.508 e. The van der Waals surface area contributed by atoms with E-state index in [0.29, 0.717) is 24.0 Å². The lowest BCUT2D eigenvalue weighted by Crippen LogP contribution is -2.33. The van der Waals surface area contributed by atoms with Gasteiger partial charge in [0.1, 0.15) is 11.9 Å². The van der Waals surface area contributed by atoms with Crippen LogP contribution in [0.15, 0.2) is 96.2 Å². The first-order chi connectivity index (χ1) is 18.6. The van der Waals surface area contributed by atoms with Gasteiger partial charge in [-0.05, 0) is 62.3 Å². The second kappa shape index (κ2) is 16.7. The van der Waals surface area contributed by atoms with Gasteiger partial charge in [0.05, 0.1) is 18.3 Å². The summed E-state index contributed by atoms with van der Waals surface area (Å²) in [5, 5.41) is 42.1. The Morgan fingerprint density at radius 3 is 2.44 bits per heavy atom. The number of hydrogen-bond donors (Lipinski definition) is 4. The highest BCUT2D eigenvalue weighted by atomic mass is 16.5. The van der Waals surface area contributed by atoms with Gasteiger partial charge in [0.2, 0.25) is 0 Å². The maximum atomic E-state index is 12.9. The van der Waals surface area contributed by atoms with Crippen LogP contribution in [0.2, 0.25) is 0 Å². The second-order valence-electron chi connectivity index (χ2n) is 10.4. The predicted octanol–water partition coefficient (Wildman–Crippen LogP) is 6.02. The molecular formula is C33H44O6. The summed E-state index contributed by atoms with van der Waals surface area (Å²) < 4.78 is 5.83. The number of esters is 1. The van der Waals surface area contributed by atoms with Gasteiger partial charge < -0.3 is 25.2 Å². The third kappa shape index (κ3) is 11.6. The molecule has 4 N–H and O–H groups in total. The molecule has 1 aliphatic rings. The monoisotopic (exact) mass is 536 g/mol. The molecule has 0 aromatic heterocycles. The molecule has 6 nitrogen and oxygen atoms in total. The summed E-state index contributed by atoms with van der Waals surface area (Å²) in [6, 6.07) is 6.36. The molecule has 1 aromatic rings. The molecule has 212 valence electrons. The zero-order valence-electron chi connectivity index (χ0n) is 23.5. The van der Waals surface area contributed by atoms with Gasteiger partial charge in [-0.3, -0.25) is 0 Å². The highest BCUT2D eigenvalue weighted by Gasteiger charge is 2.31. The van der Waals surface area contributed by atoms with E-state index < -0.39 is 36.3 Å². The molecule has 6 atom stereocenters. The van der Waals surface area contributed by atoms with Crippen molar-refractivity contribution in [2.45, 2.75) is 77.8 Å². The summed E-state index contributed by atoms with van der Waals surface area (Å²) in [6.07, 6.45) is 17.3. The molecule has 1 heterocycles. The summed E-state index contributed by atoms with van der Waals surface area (Å²) in [6.45, 7) is 7.39. The van der Waals surface area contributed by atoms with E-state index in [1.807, 2.05) is 49.5 Å². The van der Waals surface area contributed by atoms with E-state index in [1.54, 1.807) is 44.2 Å². The van der Waals surface area contributed by atoms with Crippen LogP contribution in [0.1, 0.15) is 65.0 Å². The first kappa shape index (κ1) is 32.0. The number of carbonyl (C=O) groups excluding carboxylic acids is 1. The fourth-order valence-corrected chi connectivity index (χ4v) is 4.19. The molecule has 0 aliphatic carbocycles. The minimum Gasteiger partial charge on any atom is -0.508 e. The number of ether oxygens (including phenoxy) is 1. The Kier molecular flexibility index (Phi) is 13.7. The van der Waals surface area contributed by atoms with E-state index in [2.05, 4.69) is 6.92 Å². The molecule has 0 saturated carbocycles. The van der Waals surface area contributed by atoms with Gasteiger partial charge >= 0.3 is 5.97 Å². The first-order valence-corrected chi connectivity index (χ1v) is 13.6. The van der Waals surface area contributed by atoms with Gasteiger partial charge in [0, 0.05) is 17.9 Å². The third-order valence-electron chi connectivity index (χ3n) is 6.95. The lowest BCUT2D eigenvalue weighted by atomic mass is 9.88. The quantitative estimate of drug-likeness (QED) is 0.352. The molecule has 6 heteroatoms. The molecule has 0 bridgehead atoms. The number of aromatic hydroxyl groups is 1. The Bertz CT molecular complexity index is 1090. The van der Waals surface area contributed by atoms with E-state index >= 15 is 0 Å². The molecule has 0 amide bonds. The van der Waals surface area contributed by atoms with Crippen molar-refractivity contribution in [1.29, 1.82) is 0 Å². The smallest absolute Gasteiger partial charge is 0.333 e. The van der Waals surface area contributed by atoms with Crippen LogP contribution in [0.25, 0.3) is 0 Å². The minimum atomic E-state index is -1.00. The normalized spacial score (nSPS) is 31.9. The zero-order valence-corrected chi connectivity index (χ0v) is 23.5. The van der Waals surface area contributed by atoms with Crippen molar-refractivity contribution in [3.8, 4) is 5.75 Å². The van der Waals surface area contributed by atoms with Crippen LogP contribution in [0.5, 0.6) is 5.75 Å². The lowest BCUT2D eigenvalue weighted by molar-refractivity contribution is -0.151. The molecule has 2 rings (SSSR count). The topological polar surface area (TPSA) is 107 Å². The fraction of sp³-hybridized carbons (Fsp3) is 0.424. The number of carbonyl (C=O) groups is 1. The lowest BCUT2D eigenvalue weighted by Gasteiger charge is -2.30. The van der Waals surface area contributed by atoms with E-state index in [9.17, 15) is 25.2 Å². The number of cyclic esters (lactones) is 1. The Labute approximate surface area is 233 Å². The average Bonchev–Trinajstić information content (AvgIpc) is 2.91. The second-order valence-corrected chi connectivity index (χ2v) is 10.4. The van der Waals surface area contributed by atoms with Crippen molar-refractivity contribution in [1.82, 2.24) is 0 Å². The number of benzene rings is 1. The van der Waals surface area contributed by atoms with Crippen molar-refractivity contribution < 1.29 is 30.0 Å².